The Labute approximate surface area is 247 Å². The van der Waals surface area contributed by atoms with Gasteiger partial charge in [0.25, 0.3) is 11.8 Å². The van der Waals surface area contributed by atoms with Crippen molar-refractivity contribution in [1.82, 2.24) is 15.5 Å². The molecule has 0 saturated carbocycles. The third kappa shape index (κ3) is 7.42. The largest absolute Gasteiger partial charge is 0.459 e. The van der Waals surface area contributed by atoms with Crippen molar-refractivity contribution in [3.8, 4) is 0 Å². The van der Waals surface area contributed by atoms with E-state index in [1.807, 2.05) is 75.4 Å². The van der Waals surface area contributed by atoms with Gasteiger partial charge in [0.15, 0.2) is 0 Å². The first-order valence-corrected chi connectivity index (χ1v) is 14.6. The lowest BCUT2D eigenvalue weighted by Gasteiger charge is -2.30. The number of nitrogens with zero attached hydrogens (tertiary/aromatic N) is 1. The lowest BCUT2D eigenvalue weighted by molar-refractivity contribution is -0.158. The summed E-state index contributed by atoms with van der Waals surface area (Å²) in [5, 5.41) is 8.04. The van der Waals surface area contributed by atoms with E-state index >= 15 is 0 Å². The molecule has 3 amide bonds. The number of benzene rings is 3. The van der Waals surface area contributed by atoms with E-state index in [1.54, 1.807) is 32.9 Å². The minimum Gasteiger partial charge on any atom is -0.459 e. The van der Waals surface area contributed by atoms with E-state index in [1.165, 1.54) is 4.90 Å². The van der Waals surface area contributed by atoms with Crippen molar-refractivity contribution in [3.05, 3.63) is 83.4 Å². The van der Waals surface area contributed by atoms with Gasteiger partial charge in [-0.25, -0.2) is 0 Å². The third-order valence-corrected chi connectivity index (χ3v) is 7.25. The van der Waals surface area contributed by atoms with Gasteiger partial charge in [0.1, 0.15) is 11.6 Å². The van der Waals surface area contributed by atoms with Crippen molar-refractivity contribution in [2.24, 2.45) is 5.92 Å². The van der Waals surface area contributed by atoms with Crippen LogP contribution in [0.15, 0.2) is 66.7 Å². The molecular formula is C34H41N3O5. The van der Waals surface area contributed by atoms with Crippen LogP contribution in [0, 0.1) is 5.92 Å². The molecule has 0 saturated heterocycles. The fourth-order valence-corrected chi connectivity index (χ4v) is 5.18. The van der Waals surface area contributed by atoms with Crippen LogP contribution in [0.1, 0.15) is 86.7 Å². The number of amides is 3. The van der Waals surface area contributed by atoms with Crippen LogP contribution < -0.4 is 10.6 Å². The van der Waals surface area contributed by atoms with Gasteiger partial charge >= 0.3 is 5.97 Å². The highest BCUT2D eigenvalue weighted by atomic mass is 16.6. The molecule has 0 spiro atoms. The van der Waals surface area contributed by atoms with Gasteiger partial charge in [-0.3, -0.25) is 29.4 Å². The maximum Gasteiger partial charge on any atom is 0.323 e. The molecule has 3 aromatic carbocycles. The molecule has 1 heterocycles. The second-order valence-corrected chi connectivity index (χ2v) is 12.4. The van der Waals surface area contributed by atoms with Gasteiger partial charge in [-0.15, -0.1) is 0 Å². The number of carbonyl (C=O) groups excluding carboxylic acids is 4. The molecule has 0 unspecified atom stereocenters. The summed E-state index contributed by atoms with van der Waals surface area (Å²) < 4.78 is 5.70. The zero-order valence-corrected chi connectivity index (χ0v) is 25.3. The van der Waals surface area contributed by atoms with Crippen molar-refractivity contribution < 1.29 is 23.9 Å². The van der Waals surface area contributed by atoms with Gasteiger partial charge in [-0.1, -0.05) is 68.4 Å². The van der Waals surface area contributed by atoms with E-state index in [9.17, 15) is 19.2 Å². The number of nitrogens with one attached hydrogen (secondary N) is 2. The van der Waals surface area contributed by atoms with Crippen LogP contribution in [0.3, 0.4) is 0 Å². The maximum absolute atomic E-state index is 13.5. The monoisotopic (exact) mass is 571 g/mol. The Hall–Kier alpha value is -4.04. The topological polar surface area (TPSA) is 105 Å². The molecule has 42 heavy (non-hydrogen) atoms. The normalized spacial score (nSPS) is 15.5. The summed E-state index contributed by atoms with van der Waals surface area (Å²) in [4.78, 5) is 54.7. The molecule has 2 N–H and O–H groups in total. The molecule has 3 atom stereocenters. The number of fused-ring (bicyclic) bond motifs is 2. The Morgan fingerprint density at radius 2 is 1.38 bits per heavy atom. The van der Waals surface area contributed by atoms with Crippen LogP contribution >= 0.6 is 0 Å². The predicted molar refractivity (Wildman–Crippen MR) is 163 cm³/mol. The molecular weight excluding hydrogens is 530 g/mol. The van der Waals surface area contributed by atoms with E-state index in [0.29, 0.717) is 17.5 Å². The third-order valence-electron chi connectivity index (χ3n) is 7.25. The number of esters is 1. The summed E-state index contributed by atoms with van der Waals surface area (Å²) in [6, 6.07) is 18.9. The maximum atomic E-state index is 13.5. The Morgan fingerprint density at radius 3 is 1.90 bits per heavy atom. The van der Waals surface area contributed by atoms with Gasteiger partial charge in [0.05, 0.1) is 23.2 Å². The Bertz CT molecular complexity index is 1410. The highest BCUT2D eigenvalue weighted by molar-refractivity contribution is 6.23. The SMILES string of the molecule is CC(C)C[C@H](N[C@H](CCN1C(=O)c2cc3ccccc3cc2C1=O)C(=O)OC(C)(C)C)C(=O)N[C@H](C)c1ccccc1. The molecule has 3 aromatic rings. The van der Waals surface area contributed by atoms with Gasteiger partial charge < -0.3 is 10.1 Å². The first-order valence-electron chi connectivity index (χ1n) is 14.6. The van der Waals surface area contributed by atoms with Gasteiger partial charge in [-0.05, 0) is 74.9 Å². The minimum atomic E-state index is -0.922. The number of hydrogen-bond acceptors (Lipinski definition) is 6. The van der Waals surface area contributed by atoms with Crippen molar-refractivity contribution in [2.75, 3.05) is 6.54 Å². The number of rotatable bonds is 11. The molecule has 8 heteroatoms. The van der Waals surface area contributed by atoms with Crippen LogP contribution in [0.4, 0.5) is 0 Å². The predicted octanol–water partition coefficient (Wildman–Crippen LogP) is 5.42. The second-order valence-electron chi connectivity index (χ2n) is 12.4. The average molecular weight is 572 g/mol. The van der Waals surface area contributed by atoms with Crippen molar-refractivity contribution in [1.29, 1.82) is 0 Å². The first kappa shape index (κ1) is 30.9. The van der Waals surface area contributed by atoms with E-state index in [-0.39, 0.29) is 30.8 Å². The zero-order chi connectivity index (χ0) is 30.6. The standard InChI is InChI=1S/C34H41N3O5/c1-21(2)18-29(30(38)35-22(3)23-12-8-7-9-13-23)36-28(33(41)42-34(4,5)6)16-17-37-31(39)26-19-24-14-10-11-15-25(24)20-27(26)32(37)40/h7-15,19-22,28-29,36H,16-18H2,1-6H3,(H,35,38)/t22-,28-,29+/m1/s1. The van der Waals surface area contributed by atoms with E-state index in [4.69, 9.17) is 4.74 Å². The summed E-state index contributed by atoms with van der Waals surface area (Å²) in [5.41, 5.74) is 0.917. The first-order chi connectivity index (χ1) is 19.8. The highest BCUT2D eigenvalue weighted by Gasteiger charge is 2.38. The van der Waals surface area contributed by atoms with Crippen molar-refractivity contribution in [3.63, 3.8) is 0 Å². The molecule has 0 bridgehead atoms. The Morgan fingerprint density at radius 1 is 0.833 bits per heavy atom. The summed E-state index contributed by atoms with van der Waals surface area (Å²) >= 11 is 0. The molecule has 0 radical (unpaired) electrons. The summed E-state index contributed by atoms with van der Waals surface area (Å²) in [6.45, 7) is 11.2. The Balaban J connectivity index is 1.53. The van der Waals surface area contributed by atoms with E-state index in [2.05, 4.69) is 10.6 Å². The average Bonchev–Trinajstić information content (AvgIpc) is 3.16. The second kappa shape index (κ2) is 12.9. The molecule has 1 aliphatic rings. The molecule has 0 aliphatic carbocycles. The van der Waals surface area contributed by atoms with Crippen molar-refractivity contribution >= 4 is 34.5 Å². The summed E-state index contributed by atoms with van der Waals surface area (Å²) in [5.74, 6) is -1.40. The summed E-state index contributed by atoms with van der Waals surface area (Å²) in [6.07, 6.45) is 0.572. The number of carbonyl (C=O) groups is 4. The number of hydrogen-bond donors (Lipinski definition) is 2. The molecule has 222 valence electrons. The fraction of sp³-hybridized carbons (Fsp3) is 0.412. The summed E-state index contributed by atoms with van der Waals surface area (Å²) in [7, 11) is 0. The van der Waals surface area contributed by atoms with E-state index in [0.717, 1.165) is 16.3 Å². The zero-order valence-electron chi connectivity index (χ0n) is 25.3. The lowest BCUT2D eigenvalue weighted by Crippen LogP contribution is -2.53. The van der Waals surface area contributed by atoms with Crippen LogP contribution in [-0.4, -0.2) is 52.8 Å². The van der Waals surface area contributed by atoms with Crippen LogP contribution in [0.2, 0.25) is 0 Å². The van der Waals surface area contributed by atoms with Gasteiger partial charge in [-0.2, -0.15) is 0 Å². The van der Waals surface area contributed by atoms with E-state index < -0.39 is 35.5 Å². The van der Waals surface area contributed by atoms with Gasteiger partial charge in [0.2, 0.25) is 5.91 Å². The number of ether oxygens (including phenoxy) is 1. The van der Waals surface area contributed by atoms with Crippen LogP contribution in [-0.2, 0) is 14.3 Å². The molecule has 4 rings (SSSR count). The van der Waals surface area contributed by atoms with Crippen LogP contribution in [0.25, 0.3) is 10.8 Å². The quantitative estimate of drug-likeness (QED) is 0.235. The molecule has 8 nitrogen and oxygen atoms in total. The highest BCUT2D eigenvalue weighted by Crippen LogP contribution is 2.28. The lowest BCUT2D eigenvalue weighted by atomic mass is 10.00. The van der Waals surface area contributed by atoms with Crippen LogP contribution in [0.5, 0.6) is 0 Å². The molecule has 0 aromatic heterocycles. The molecule has 1 aliphatic heterocycles. The van der Waals surface area contributed by atoms with Gasteiger partial charge in [0, 0.05) is 6.54 Å². The fourth-order valence-electron chi connectivity index (χ4n) is 5.18. The Kier molecular flexibility index (Phi) is 9.46. The molecule has 0 fully saturated rings. The minimum absolute atomic E-state index is 0.00393. The van der Waals surface area contributed by atoms with Crippen molar-refractivity contribution in [2.45, 2.75) is 78.1 Å². The smallest absolute Gasteiger partial charge is 0.323 e. The number of imide groups is 1.